The van der Waals surface area contributed by atoms with E-state index in [1.165, 1.54) is 12.1 Å². The van der Waals surface area contributed by atoms with Crippen molar-refractivity contribution in [3.05, 3.63) is 23.9 Å². The molecule has 9 heteroatoms. The predicted octanol–water partition coefficient (Wildman–Crippen LogP) is 2.20. The highest BCUT2D eigenvalue weighted by molar-refractivity contribution is 7.85. The first-order valence-electron chi connectivity index (χ1n) is 9.35. The molecule has 2 aliphatic heterocycles. The van der Waals surface area contributed by atoms with Crippen LogP contribution in [0.15, 0.2) is 23.1 Å². The van der Waals surface area contributed by atoms with Gasteiger partial charge in [-0.05, 0) is 44.4 Å². The summed E-state index contributed by atoms with van der Waals surface area (Å²) in [5, 5.41) is 5.68. The quantitative estimate of drug-likeness (QED) is 0.793. The Bertz CT molecular complexity index is 920. The zero-order valence-corrected chi connectivity index (χ0v) is 16.2. The molecule has 1 aromatic carbocycles. The molecule has 3 heterocycles. The summed E-state index contributed by atoms with van der Waals surface area (Å²) in [6.45, 7) is 5.67. The number of hydrogen-bond donors (Lipinski definition) is 1. The van der Waals surface area contributed by atoms with Crippen LogP contribution in [-0.4, -0.2) is 60.1 Å². The highest BCUT2D eigenvalue weighted by Gasteiger charge is 2.25. The normalized spacial score (nSPS) is 25.1. The SMILES string of the molecule is C[C@H]1COCCN1Cc1nn(C2CCCCO2)c2cc(S(=O)(=O)O)ccc12. The van der Waals surface area contributed by atoms with Gasteiger partial charge in [-0.15, -0.1) is 0 Å². The maximum absolute atomic E-state index is 11.6. The molecular weight excluding hydrogens is 370 g/mol. The lowest BCUT2D eigenvalue weighted by Gasteiger charge is -2.32. The molecule has 0 amide bonds. The van der Waals surface area contributed by atoms with Crippen LogP contribution in [0, 0.1) is 0 Å². The maximum Gasteiger partial charge on any atom is 0.294 e. The van der Waals surface area contributed by atoms with Crippen molar-refractivity contribution in [2.75, 3.05) is 26.4 Å². The van der Waals surface area contributed by atoms with Crippen molar-refractivity contribution in [3.63, 3.8) is 0 Å². The summed E-state index contributed by atoms with van der Waals surface area (Å²) < 4.78 is 45.8. The first-order chi connectivity index (χ1) is 12.9. The Morgan fingerprint density at radius 3 is 2.85 bits per heavy atom. The Morgan fingerprint density at radius 1 is 1.30 bits per heavy atom. The molecule has 0 saturated carbocycles. The van der Waals surface area contributed by atoms with Crippen LogP contribution >= 0.6 is 0 Å². The van der Waals surface area contributed by atoms with E-state index in [-0.39, 0.29) is 11.1 Å². The summed E-state index contributed by atoms with van der Waals surface area (Å²) in [6.07, 6.45) is 2.68. The molecule has 2 fully saturated rings. The minimum Gasteiger partial charge on any atom is -0.379 e. The Kier molecular flexibility index (Phi) is 5.21. The summed E-state index contributed by atoms with van der Waals surface area (Å²) in [6, 6.07) is 4.94. The van der Waals surface area contributed by atoms with Gasteiger partial charge in [-0.25, -0.2) is 4.68 Å². The monoisotopic (exact) mass is 395 g/mol. The minimum atomic E-state index is -4.28. The van der Waals surface area contributed by atoms with E-state index in [1.807, 2.05) is 0 Å². The summed E-state index contributed by atoms with van der Waals surface area (Å²) in [5.74, 6) is 0. The molecule has 4 rings (SSSR count). The van der Waals surface area contributed by atoms with E-state index < -0.39 is 10.1 Å². The van der Waals surface area contributed by atoms with Crippen molar-refractivity contribution in [2.45, 2.75) is 49.9 Å². The fourth-order valence-corrected chi connectivity index (χ4v) is 4.29. The lowest BCUT2D eigenvalue weighted by molar-refractivity contribution is -0.0375. The van der Waals surface area contributed by atoms with Gasteiger partial charge in [0.15, 0.2) is 6.23 Å². The Balaban J connectivity index is 1.76. The molecule has 0 aliphatic carbocycles. The third kappa shape index (κ3) is 3.88. The van der Waals surface area contributed by atoms with Gasteiger partial charge in [0, 0.05) is 31.1 Å². The largest absolute Gasteiger partial charge is 0.379 e. The van der Waals surface area contributed by atoms with Gasteiger partial charge in [-0.1, -0.05) is 0 Å². The third-order valence-electron chi connectivity index (χ3n) is 5.34. The summed E-state index contributed by atoms with van der Waals surface area (Å²) in [4.78, 5) is 2.19. The van der Waals surface area contributed by atoms with Crippen LogP contribution in [0.1, 0.15) is 38.1 Å². The van der Waals surface area contributed by atoms with Crippen molar-refractivity contribution < 1.29 is 22.4 Å². The lowest BCUT2D eigenvalue weighted by Crippen LogP contribution is -2.43. The van der Waals surface area contributed by atoms with E-state index in [1.54, 1.807) is 10.7 Å². The van der Waals surface area contributed by atoms with Gasteiger partial charge in [0.2, 0.25) is 0 Å². The summed E-state index contributed by atoms with van der Waals surface area (Å²) >= 11 is 0. The van der Waals surface area contributed by atoms with Crippen molar-refractivity contribution in [1.29, 1.82) is 0 Å². The molecule has 2 aromatic rings. The second-order valence-electron chi connectivity index (χ2n) is 7.26. The summed E-state index contributed by atoms with van der Waals surface area (Å²) in [5.41, 5.74) is 1.56. The fraction of sp³-hybridized carbons (Fsp3) is 0.611. The van der Waals surface area contributed by atoms with Gasteiger partial charge in [0.1, 0.15) is 0 Å². The van der Waals surface area contributed by atoms with Crippen LogP contribution in [0.25, 0.3) is 10.9 Å². The van der Waals surface area contributed by atoms with Gasteiger partial charge in [-0.3, -0.25) is 9.45 Å². The first kappa shape index (κ1) is 18.8. The van der Waals surface area contributed by atoms with Gasteiger partial charge < -0.3 is 9.47 Å². The molecule has 8 nitrogen and oxygen atoms in total. The van der Waals surface area contributed by atoms with Crippen LogP contribution in [0.4, 0.5) is 0 Å². The number of fused-ring (bicyclic) bond motifs is 1. The average molecular weight is 395 g/mol. The van der Waals surface area contributed by atoms with E-state index in [0.29, 0.717) is 37.9 Å². The number of benzene rings is 1. The molecule has 0 radical (unpaired) electrons. The molecule has 1 aromatic heterocycles. The topological polar surface area (TPSA) is 93.9 Å². The van der Waals surface area contributed by atoms with E-state index in [0.717, 1.165) is 36.9 Å². The van der Waals surface area contributed by atoms with Crippen LogP contribution in [0.2, 0.25) is 0 Å². The van der Waals surface area contributed by atoms with E-state index in [4.69, 9.17) is 14.6 Å². The Morgan fingerprint density at radius 2 is 2.15 bits per heavy atom. The molecular formula is C18H25N3O5S. The van der Waals surface area contributed by atoms with E-state index >= 15 is 0 Å². The molecule has 0 bridgehead atoms. The molecule has 2 saturated heterocycles. The molecule has 2 aliphatic rings. The minimum absolute atomic E-state index is 0.127. The van der Waals surface area contributed by atoms with Gasteiger partial charge in [-0.2, -0.15) is 13.5 Å². The standard InChI is InChI=1S/C18H25N3O5S/c1-13-12-25-9-7-20(13)11-16-15-6-5-14(27(22,23)24)10-17(15)21(19-16)18-4-2-3-8-26-18/h5-6,10,13,18H,2-4,7-9,11-12H2,1H3,(H,22,23,24)/t13-,18?/m0/s1. The Hall–Kier alpha value is -1.52. The van der Waals surface area contributed by atoms with Gasteiger partial charge in [0.05, 0.1) is 29.3 Å². The number of rotatable bonds is 4. The molecule has 148 valence electrons. The fourth-order valence-electron chi connectivity index (χ4n) is 3.78. The Labute approximate surface area is 158 Å². The zero-order valence-electron chi connectivity index (χ0n) is 15.4. The van der Waals surface area contributed by atoms with Gasteiger partial charge >= 0.3 is 0 Å². The molecule has 0 spiro atoms. The maximum atomic E-state index is 11.6. The molecule has 1 N–H and O–H groups in total. The van der Waals surface area contributed by atoms with Crippen molar-refractivity contribution >= 4 is 21.0 Å². The van der Waals surface area contributed by atoms with Crippen LogP contribution in [0.5, 0.6) is 0 Å². The smallest absolute Gasteiger partial charge is 0.294 e. The van der Waals surface area contributed by atoms with Crippen molar-refractivity contribution in [2.24, 2.45) is 0 Å². The van der Waals surface area contributed by atoms with E-state index in [2.05, 4.69) is 11.8 Å². The molecule has 2 atom stereocenters. The third-order valence-corrected chi connectivity index (χ3v) is 6.19. The highest BCUT2D eigenvalue weighted by Crippen LogP contribution is 2.30. The number of aromatic nitrogens is 2. The van der Waals surface area contributed by atoms with Gasteiger partial charge in [0.25, 0.3) is 10.1 Å². The second kappa shape index (κ2) is 7.48. The zero-order chi connectivity index (χ0) is 19.0. The second-order valence-corrected chi connectivity index (χ2v) is 8.68. The number of hydrogen-bond acceptors (Lipinski definition) is 6. The number of morpholine rings is 1. The van der Waals surface area contributed by atoms with Crippen molar-refractivity contribution in [1.82, 2.24) is 14.7 Å². The summed E-state index contributed by atoms with van der Waals surface area (Å²) in [7, 11) is -4.28. The average Bonchev–Trinajstić information content (AvgIpc) is 3.01. The lowest BCUT2D eigenvalue weighted by atomic mass is 10.1. The highest BCUT2D eigenvalue weighted by atomic mass is 32.2. The molecule has 27 heavy (non-hydrogen) atoms. The number of ether oxygens (including phenoxy) is 2. The number of nitrogens with zero attached hydrogens (tertiary/aromatic N) is 3. The van der Waals surface area contributed by atoms with Crippen LogP contribution in [-0.2, 0) is 26.1 Å². The molecule has 1 unspecified atom stereocenters. The van der Waals surface area contributed by atoms with Crippen LogP contribution < -0.4 is 0 Å². The van der Waals surface area contributed by atoms with Crippen LogP contribution in [0.3, 0.4) is 0 Å². The van der Waals surface area contributed by atoms with Crippen molar-refractivity contribution in [3.8, 4) is 0 Å². The van der Waals surface area contributed by atoms with E-state index in [9.17, 15) is 13.0 Å². The first-order valence-corrected chi connectivity index (χ1v) is 10.8. The predicted molar refractivity (Wildman–Crippen MR) is 99.1 cm³/mol.